The van der Waals surface area contributed by atoms with Crippen LogP contribution < -0.4 is 5.56 Å². The number of aromatic nitrogens is 2. The molecule has 0 aromatic carbocycles. The third-order valence-corrected chi connectivity index (χ3v) is 2.57. The van der Waals surface area contributed by atoms with Crippen molar-refractivity contribution in [2.24, 2.45) is 0 Å². The Kier molecular flexibility index (Phi) is 3.52. The van der Waals surface area contributed by atoms with Crippen LogP contribution in [-0.2, 0) is 13.0 Å². The van der Waals surface area contributed by atoms with Crippen LogP contribution in [0.25, 0.3) is 0 Å². The zero-order chi connectivity index (χ0) is 13.0. The van der Waals surface area contributed by atoms with E-state index in [9.17, 15) is 9.59 Å². The average Bonchev–Trinajstić information content (AvgIpc) is 2.38. The van der Waals surface area contributed by atoms with E-state index in [1.165, 1.54) is 22.9 Å². The predicted octanol–water partition coefficient (Wildman–Crippen LogP) is 1.18. The number of pyridine rings is 2. The highest BCUT2D eigenvalue weighted by molar-refractivity contribution is 5.87. The van der Waals surface area contributed by atoms with Gasteiger partial charge < -0.3 is 9.67 Å². The molecule has 2 aromatic rings. The Morgan fingerprint density at radius 1 is 1.28 bits per heavy atom. The fourth-order valence-corrected chi connectivity index (χ4v) is 1.61. The van der Waals surface area contributed by atoms with Crippen molar-refractivity contribution >= 4 is 5.97 Å². The van der Waals surface area contributed by atoms with Crippen molar-refractivity contribution in [1.29, 1.82) is 0 Å². The summed E-state index contributed by atoms with van der Waals surface area (Å²) in [4.78, 5) is 26.5. The molecule has 0 radical (unpaired) electrons. The van der Waals surface area contributed by atoms with Crippen LogP contribution in [0.4, 0.5) is 0 Å². The summed E-state index contributed by atoms with van der Waals surface area (Å²) in [6.45, 7) is 0.414. The van der Waals surface area contributed by atoms with Gasteiger partial charge in [-0.1, -0.05) is 6.07 Å². The first-order chi connectivity index (χ1) is 8.66. The van der Waals surface area contributed by atoms with Gasteiger partial charge in [-0.05, 0) is 18.2 Å². The molecule has 0 aliphatic heterocycles. The molecule has 2 aromatic heterocycles. The summed E-state index contributed by atoms with van der Waals surface area (Å²) in [6.07, 6.45) is 3.63. The smallest absolute Gasteiger partial charge is 0.337 e. The molecule has 2 heterocycles. The van der Waals surface area contributed by atoms with E-state index in [2.05, 4.69) is 4.98 Å². The number of carbonyl (C=O) groups is 1. The van der Waals surface area contributed by atoms with Crippen molar-refractivity contribution < 1.29 is 9.90 Å². The lowest BCUT2D eigenvalue weighted by atomic mass is 10.2. The Hall–Kier alpha value is -2.43. The summed E-state index contributed by atoms with van der Waals surface area (Å²) in [6, 6.07) is 8.13. The van der Waals surface area contributed by atoms with E-state index in [0.717, 1.165) is 5.69 Å². The molecule has 5 nitrogen and oxygen atoms in total. The normalized spacial score (nSPS) is 10.2. The van der Waals surface area contributed by atoms with Crippen LogP contribution in [0, 0.1) is 0 Å². The standard InChI is InChI=1S/C13H12N2O3/c16-12-5-4-10(13(17)18)9-15(12)8-6-11-3-1-2-7-14-11/h1-5,7,9H,6,8H2,(H,17,18). The lowest BCUT2D eigenvalue weighted by Gasteiger charge is -2.06. The summed E-state index contributed by atoms with van der Waals surface area (Å²) in [5.74, 6) is -1.04. The van der Waals surface area contributed by atoms with Crippen molar-refractivity contribution in [2.75, 3.05) is 0 Å². The van der Waals surface area contributed by atoms with Gasteiger partial charge in [0, 0.05) is 37.1 Å². The summed E-state index contributed by atoms with van der Waals surface area (Å²) in [7, 11) is 0. The Labute approximate surface area is 103 Å². The first-order valence-electron chi connectivity index (χ1n) is 5.50. The second-order valence-electron chi connectivity index (χ2n) is 3.83. The molecule has 0 saturated heterocycles. The number of nitrogens with zero attached hydrogens (tertiary/aromatic N) is 2. The van der Waals surface area contributed by atoms with Crippen molar-refractivity contribution in [1.82, 2.24) is 9.55 Å². The van der Waals surface area contributed by atoms with Crippen LogP contribution in [0.15, 0.2) is 47.5 Å². The molecule has 1 N–H and O–H groups in total. The molecule has 92 valence electrons. The average molecular weight is 244 g/mol. The first kappa shape index (κ1) is 12.0. The number of rotatable bonds is 4. The highest BCUT2D eigenvalue weighted by Gasteiger charge is 2.05. The molecule has 2 rings (SSSR count). The predicted molar refractivity (Wildman–Crippen MR) is 65.6 cm³/mol. The molecule has 0 fully saturated rings. The van der Waals surface area contributed by atoms with Crippen molar-refractivity contribution in [2.45, 2.75) is 13.0 Å². The van der Waals surface area contributed by atoms with Gasteiger partial charge in [0.05, 0.1) is 5.56 Å². The van der Waals surface area contributed by atoms with Gasteiger partial charge in [0.15, 0.2) is 0 Å². The zero-order valence-corrected chi connectivity index (χ0v) is 9.61. The Morgan fingerprint density at radius 2 is 2.11 bits per heavy atom. The number of hydrogen-bond donors (Lipinski definition) is 1. The zero-order valence-electron chi connectivity index (χ0n) is 9.61. The van der Waals surface area contributed by atoms with Crippen molar-refractivity contribution in [3.8, 4) is 0 Å². The van der Waals surface area contributed by atoms with E-state index < -0.39 is 5.97 Å². The summed E-state index contributed by atoms with van der Waals surface area (Å²) >= 11 is 0. The first-order valence-corrected chi connectivity index (χ1v) is 5.50. The third-order valence-electron chi connectivity index (χ3n) is 2.57. The summed E-state index contributed by atoms with van der Waals surface area (Å²) < 4.78 is 1.39. The SMILES string of the molecule is O=C(O)c1ccc(=O)n(CCc2ccccn2)c1. The Balaban J connectivity index is 2.16. The molecule has 0 aliphatic rings. The van der Waals surface area contributed by atoms with Crippen molar-refractivity contribution in [3.05, 3.63) is 64.3 Å². The van der Waals surface area contributed by atoms with Crippen LogP contribution in [0.2, 0.25) is 0 Å². The third kappa shape index (κ3) is 2.82. The number of carboxylic acid groups (broad SMARTS) is 1. The molecular formula is C13H12N2O3. The van der Waals surface area contributed by atoms with Gasteiger partial charge in [-0.15, -0.1) is 0 Å². The lowest BCUT2D eigenvalue weighted by molar-refractivity contribution is 0.0696. The maximum atomic E-state index is 11.6. The van der Waals surface area contributed by atoms with Crippen LogP contribution >= 0.6 is 0 Å². The minimum absolute atomic E-state index is 0.107. The molecule has 0 spiro atoms. The van der Waals surface area contributed by atoms with E-state index in [4.69, 9.17) is 5.11 Å². The minimum atomic E-state index is -1.04. The van der Waals surface area contributed by atoms with Gasteiger partial charge in [0.25, 0.3) is 5.56 Å². The maximum absolute atomic E-state index is 11.6. The molecule has 0 saturated carbocycles. The number of hydrogen-bond acceptors (Lipinski definition) is 3. The van der Waals surface area contributed by atoms with E-state index in [1.54, 1.807) is 6.20 Å². The Bertz CT molecular complexity index is 605. The quantitative estimate of drug-likeness (QED) is 0.876. The topological polar surface area (TPSA) is 72.2 Å². The van der Waals surface area contributed by atoms with Crippen LogP contribution in [0.3, 0.4) is 0 Å². The second-order valence-corrected chi connectivity index (χ2v) is 3.83. The van der Waals surface area contributed by atoms with Gasteiger partial charge in [-0.2, -0.15) is 0 Å². The molecule has 5 heteroatoms. The van der Waals surface area contributed by atoms with Gasteiger partial charge in [0.2, 0.25) is 0 Å². The number of aryl methyl sites for hydroxylation is 2. The van der Waals surface area contributed by atoms with Gasteiger partial charge in [0.1, 0.15) is 0 Å². The number of carboxylic acids is 1. The fourth-order valence-electron chi connectivity index (χ4n) is 1.61. The van der Waals surface area contributed by atoms with Crippen molar-refractivity contribution in [3.63, 3.8) is 0 Å². The molecule has 0 bridgehead atoms. The molecule has 0 amide bonds. The van der Waals surface area contributed by atoms with Crippen LogP contribution in [0.1, 0.15) is 16.1 Å². The molecular weight excluding hydrogens is 232 g/mol. The van der Waals surface area contributed by atoms with Gasteiger partial charge in [-0.25, -0.2) is 4.79 Å². The van der Waals surface area contributed by atoms with E-state index >= 15 is 0 Å². The molecule has 0 unspecified atom stereocenters. The van der Waals surface area contributed by atoms with Gasteiger partial charge >= 0.3 is 5.97 Å². The van der Waals surface area contributed by atoms with Gasteiger partial charge in [-0.3, -0.25) is 9.78 Å². The van der Waals surface area contributed by atoms with E-state index in [0.29, 0.717) is 13.0 Å². The number of aromatic carboxylic acids is 1. The minimum Gasteiger partial charge on any atom is -0.478 e. The largest absolute Gasteiger partial charge is 0.478 e. The lowest BCUT2D eigenvalue weighted by Crippen LogP contribution is -2.21. The molecule has 0 atom stereocenters. The van der Waals surface area contributed by atoms with Crippen LogP contribution in [-0.4, -0.2) is 20.6 Å². The highest BCUT2D eigenvalue weighted by atomic mass is 16.4. The molecule has 18 heavy (non-hydrogen) atoms. The summed E-state index contributed by atoms with van der Waals surface area (Å²) in [5, 5.41) is 8.86. The summed E-state index contributed by atoms with van der Waals surface area (Å²) in [5.41, 5.74) is 0.761. The Morgan fingerprint density at radius 3 is 2.78 bits per heavy atom. The monoisotopic (exact) mass is 244 g/mol. The fraction of sp³-hybridized carbons (Fsp3) is 0.154. The second kappa shape index (κ2) is 5.27. The maximum Gasteiger partial charge on any atom is 0.337 e. The van der Waals surface area contributed by atoms with E-state index in [1.807, 2.05) is 18.2 Å². The van der Waals surface area contributed by atoms with Crippen LogP contribution in [0.5, 0.6) is 0 Å². The van der Waals surface area contributed by atoms with E-state index in [-0.39, 0.29) is 11.1 Å². The highest BCUT2D eigenvalue weighted by Crippen LogP contribution is 1.99. The molecule has 0 aliphatic carbocycles.